The predicted octanol–water partition coefficient (Wildman–Crippen LogP) is 1.18. The molecule has 0 aliphatic rings. The minimum Gasteiger partial charge on any atom is -0.335 e. The number of hydrogen-bond donors (Lipinski definition) is 1. The van der Waals surface area contributed by atoms with Crippen molar-refractivity contribution < 1.29 is 0 Å². The SMILES string of the molecule is Cc1ncc(C(C)CCN)n1C. The van der Waals surface area contributed by atoms with Crippen LogP contribution in [0.4, 0.5) is 0 Å². The summed E-state index contributed by atoms with van der Waals surface area (Å²) in [7, 11) is 2.05. The third kappa shape index (κ3) is 1.67. The Bertz CT molecular complexity index is 252. The molecular weight excluding hydrogens is 150 g/mol. The van der Waals surface area contributed by atoms with Gasteiger partial charge in [0.2, 0.25) is 0 Å². The summed E-state index contributed by atoms with van der Waals surface area (Å²) in [5, 5.41) is 0. The summed E-state index contributed by atoms with van der Waals surface area (Å²) in [6, 6.07) is 0. The lowest BCUT2D eigenvalue weighted by Crippen LogP contribution is -2.08. The van der Waals surface area contributed by atoms with Crippen LogP contribution in [-0.4, -0.2) is 16.1 Å². The number of hydrogen-bond acceptors (Lipinski definition) is 2. The molecule has 0 aromatic carbocycles. The summed E-state index contributed by atoms with van der Waals surface area (Å²) in [6.07, 6.45) is 2.97. The minimum atomic E-state index is 0.515. The Kier molecular flexibility index (Phi) is 2.87. The molecule has 0 saturated carbocycles. The van der Waals surface area contributed by atoms with E-state index in [1.165, 1.54) is 5.69 Å². The van der Waals surface area contributed by atoms with Crippen LogP contribution in [0.3, 0.4) is 0 Å². The molecule has 1 atom stereocenters. The number of aromatic nitrogens is 2. The molecule has 12 heavy (non-hydrogen) atoms. The first-order chi connectivity index (χ1) is 5.66. The van der Waals surface area contributed by atoms with Gasteiger partial charge in [0.15, 0.2) is 0 Å². The Morgan fingerprint density at radius 3 is 2.75 bits per heavy atom. The van der Waals surface area contributed by atoms with Gasteiger partial charge in [-0.3, -0.25) is 0 Å². The summed E-state index contributed by atoms with van der Waals surface area (Å²) in [6.45, 7) is 4.94. The van der Waals surface area contributed by atoms with E-state index in [1.807, 2.05) is 20.2 Å². The van der Waals surface area contributed by atoms with Crippen LogP contribution in [0, 0.1) is 6.92 Å². The highest BCUT2D eigenvalue weighted by Crippen LogP contribution is 2.17. The van der Waals surface area contributed by atoms with E-state index in [0.29, 0.717) is 5.92 Å². The van der Waals surface area contributed by atoms with Gasteiger partial charge in [0.05, 0.1) is 0 Å². The van der Waals surface area contributed by atoms with Crippen molar-refractivity contribution in [1.82, 2.24) is 9.55 Å². The summed E-state index contributed by atoms with van der Waals surface area (Å²) in [4.78, 5) is 4.24. The second-order valence-corrected chi connectivity index (χ2v) is 3.27. The lowest BCUT2D eigenvalue weighted by molar-refractivity contribution is 0.633. The first kappa shape index (κ1) is 9.26. The van der Waals surface area contributed by atoms with Gasteiger partial charge in [-0.15, -0.1) is 0 Å². The van der Waals surface area contributed by atoms with Gasteiger partial charge < -0.3 is 10.3 Å². The van der Waals surface area contributed by atoms with Gasteiger partial charge in [-0.2, -0.15) is 0 Å². The fourth-order valence-electron chi connectivity index (χ4n) is 1.38. The van der Waals surface area contributed by atoms with Gasteiger partial charge in [-0.1, -0.05) is 6.92 Å². The quantitative estimate of drug-likeness (QED) is 0.734. The molecule has 1 aromatic rings. The van der Waals surface area contributed by atoms with Crippen molar-refractivity contribution in [3.8, 4) is 0 Å². The van der Waals surface area contributed by atoms with E-state index in [9.17, 15) is 0 Å². The van der Waals surface area contributed by atoms with E-state index in [0.717, 1.165) is 18.8 Å². The smallest absolute Gasteiger partial charge is 0.105 e. The number of aryl methyl sites for hydroxylation is 1. The second-order valence-electron chi connectivity index (χ2n) is 3.27. The molecule has 1 unspecified atom stereocenters. The molecule has 3 heteroatoms. The molecule has 0 spiro atoms. The molecule has 0 bridgehead atoms. The molecule has 0 aliphatic heterocycles. The van der Waals surface area contributed by atoms with Crippen LogP contribution in [0.25, 0.3) is 0 Å². The monoisotopic (exact) mass is 167 g/mol. The van der Waals surface area contributed by atoms with E-state index < -0.39 is 0 Å². The third-order valence-corrected chi connectivity index (χ3v) is 2.36. The Balaban J connectivity index is 2.80. The Hall–Kier alpha value is -0.830. The molecule has 0 amide bonds. The average molecular weight is 167 g/mol. The first-order valence-electron chi connectivity index (χ1n) is 4.35. The van der Waals surface area contributed by atoms with Gasteiger partial charge in [0.25, 0.3) is 0 Å². The van der Waals surface area contributed by atoms with E-state index in [-0.39, 0.29) is 0 Å². The van der Waals surface area contributed by atoms with Gasteiger partial charge in [0.1, 0.15) is 5.82 Å². The average Bonchev–Trinajstić information content (AvgIpc) is 2.34. The van der Waals surface area contributed by atoms with E-state index in [4.69, 9.17) is 5.73 Å². The van der Waals surface area contributed by atoms with Crippen LogP contribution < -0.4 is 5.73 Å². The lowest BCUT2D eigenvalue weighted by atomic mass is 10.1. The maximum atomic E-state index is 5.49. The van der Waals surface area contributed by atoms with Crippen molar-refractivity contribution in [3.63, 3.8) is 0 Å². The van der Waals surface area contributed by atoms with E-state index in [2.05, 4.69) is 16.5 Å². The molecule has 1 heterocycles. The molecule has 2 N–H and O–H groups in total. The van der Waals surface area contributed by atoms with Crippen molar-refractivity contribution in [2.75, 3.05) is 6.54 Å². The van der Waals surface area contributed by atoms with Gasteiger partial charge >= 0.3 is 0 Å². The lowest BCUT2D eigenvalue weighted by Gasteiger charge is -2.10. The molecule has 0 saturated heterocycles. The highest BCUT2D eigenvalue weighted by Gasteiger charge is 2.09. The summed E-state index contributed by atoms with van der Waals surface area (Å²) in [5.41, 5.74) is 6.77. The molecular formula is C9H17N3. The minimum absolute atomic E-state index is 0.515. The summed E-state index contributed by atoms with van der Waals surface area (Å²) < 4.78 is 2.13. The Labute approximate surface area is 73.6 Å². The van der Waals surface area contributed by atoms with Crippen LogP contribution in [-0.2, 0) is 7.05 Å². The van der Waals surface area contributed by atoms with E-state index >= 15 is 0 Å². The van der Waals surface area contributed by atoms with Crippen molar-refractivity contribution in [2.24, 2.45) is 12.8 Å². The van der Waals surface area contributed by atoms with Gasteiger partial charge in [0, 0.05) is 18.9 Å². The topological polar surface area (TPSA) is 43.8 Å². The number of nitrogens with two attached hydrogens (primary N) is 1. The van der Waals surface area contributed by atoms with Crippen LogP contribution in [0.5, 0.6) is 0 Å². The Morgan fingerprint density at radius 2 is 2.33 bits per heavy atom. The van der Waals surface area contributed by atoms with Gasteiger partial charge in [-0.05, 0) is 25.8 Å². The fraction of sp³-hybridized carbons (Fsp3) is 0.667. The number of imidazole rings is 1. The summed E-state index contributed by atoms with van der Waals surface area (Å²) in [5.74, 6) is 1.58. The zero-order valence-corrected chi connectivity index (χ0v) is 8.04. The molecule has 1 aromatic heterocycles. The zero-order valence-electron chi connectivity index (χ0n) is 8.04. The normalized spacial score (nSPS) is 13.3. The third-order valence-electron chi connectivity index (χ3n) is 2.36. The second kappa shape index (κ2) is 3.72. The molecule has 0 fully saturated rings. The van der Waals surface area contributed by atoms with Crippen molar-refractivity contribution in [3.05, 3.63) is 17.7 Å². The number of rotatable bonds is 3. The largest absolute Gasteiger partial charge is 0.335 e. The molecule has 0 radical (unpaired) electrons. The molecule has 3 nitrogen and oxygen atoms in total. The fourth-order valence-corrected chi connectivity index (χ4v) is 1.38. The molecule has 0 aliphatic carbocycles. The highest BCUT2D eigenvalue weighted by molar-refractivity contribution is 5.08. The zero-order chi connectivity index (χ0) is 9.14. The van der Waals surface area contributed by atoms with Crippen LogP contribution >= 0.6 is 0 Å². The van der Waals surface area contributed by atoms with Crippen molar-refractivity contribution in [1.29, 1.82) is 0 Å². The number of nitrogens with zero attached hydrogens (tertiary/aromatic N) is 2. The van der Waals surface area contributed by atoms with Crippen LogP contribution in [0.2, 0.25) is 0 Å². The van der Waals surface area contributed by atoms with Crippen molar-refractivity contribution >= 4 is 0 Å². The summed E-state index contributed by atoms with van der Waals surface area (Å²) >= 11 is 0. The molecule has 1 rings (SSSR count). The maximum absolute atomic E-state index is 5.49. The molecule has 68 valence electrons. The van der Waals surface area contributed by atoms with Crippen molar-refractivity contribution in [2.45, 2.75) is 26.2 Å². The maximum Gasteiger partial charge on any atom is 0.105 e. The van der Waals surface area contributed by atoms with E-state index in [1.54, 1.807) is 0 Å². The standard InChI is InChI=1S/C9H17N3/c1-7(4-5-10)9-6-11-8(2)12(9)3/h6-7H,4-5,10H2,1-3H3. The van der Waals surface area contributed by atoms with Crippen LogP contribution in [0.15, 0.2) is 6.20 Å². The van der Waals surface area contributed by atoms with Gasteiger partial charge in [-0.25, -0.2) is 4.98 Å². The van der Waals surface area contributed by atoms with Crippen LogP contribution in [0.1, 0.15) is 30.8 Å². The first-order valence-corrected chi connectivity index (χ1v) is 4.35. The predicted molar refractivity (Wildman–Crippen MR) is 50.0 cm³/mol. The Morgan fingerprint density at radius 1 is 1.67 bits per heavy atom. The highest BCUT2D eigenvalue weighted by atomic mass is 15.1.